The molecule has 1 N–H and O–H groups in total. The van der Waals surface area contributed by atoms with Crippen LogP contribution >= 0.6 is 0 Å². The molecule has 0 rings (SSSR count). The Morgan fingerprint density at radius 3 is 2.27 bits per heavy atom. The summed E-state index contributed by atoms with van der Waals surface area (Å²) in [5.74, 6) is 0. The lowest BCUT2D eigenvalue weighted by molar-refractivity contribution is -0.107. The lowest BCUT2D eigenvalue weighted by atomic mass is 10.2. The third-order valence-corrected chi connectivity index (χ3v) is 2.13. The molecule has 0 aliphatic heterocycles. The summed E-state index contributed by atoms with van der Waals surface area (Å²) in [6.45, 7) is 5.01. The minimum absolute atomic E-state index is 0.0255. The Hall–Kier alpha value is -0.680. The van der Waals surface area contributed by atoms with Gasteiger partial charge in [0.2, 0.25) is 0 Å². The molecule has 5 heteroatoms. The normalized spacial score (nSPS) is 14.0. The number of carbonyl (C=O) groups is 1. The van der Waals surface area contributed by atoms with Crippen molar-refractivity contribution in [1.82, 2.24) is 0 Å². The number of hydrogen-bond acceptors (Lipinski definition) is 3. The molecular weight excluding hydrogens is 168 g/mol. The van der Waals surface area contributed by atoms with Crippen molar-refractivity contribution in [3.8, 4) is 0 Å². The Balaban J connectivity index is 4.44. The Morgan fingerprint density at radius 2 is 2.18 bits per heavy atom. The minimum Gasteiger partial charge on any atom is -0.302 e. The number of carbonyl (C=O) groups excluding carboxylic acids is 1. The van der Waals surface area contributed by atoms with Gasteiger partial charge in [-0.1, -0.05) is 5.57 Å². The van der Waals surface area contributed by atoms with Crippen molar-refractivity contribution in [1.29, 1.82) is 0 Å². The zero-order chi connectivity index (χ0) is 9.07. The number of aldehydes is 1. The summed E-state index contributed by atoms with van der Waals surface area (Å²) in [5, 5.41) is -1.36. The largest absolute Gasteiger partial charge is 0.302 e. The summed E-state index contributed by atoms with van der Waals surface area (Å²) in [7, 11) is -4.24. The highest BCUT2D eigenvalue weighted by Crippen LogP contribution is 2.07. The molecule has 1 atom stereocenters. The van der Waals surface area contributed by atoms with Gasteiger partial charge >= 0.3 is 0 Å². The molecule has 0 bridgehead atoms. The van der Waals surface area contributed by atoms with Gasteiger partial charge in [0.25, 0.3) is 10.1 Å². The summed E-state index contributed by atoms with van der Waals surface area (Å²) in [5.41, 5.74) is 0.541. The van der Waals surface area contributed by atoms with Gasteiger partial charge in [-0.15, -0.1) is 6.58 Å². The van der Waals surface area contributed by atoms with Crippen molar-refractivity contribution < 1.29 is 17.8 Å². The van der Waals surface area contributed by atoms with Crippen LogP contribution in [0.1, 0.15) is 13.3 Å². The van der Waals surface area contributed by atoms with Crippen LogP contribution in [0.15, 0.2) is 12.2 Å². The quantitative estimate of drug-likeness (QED) is 0.384. The van der Waals surface area contributed by atoms with E-state index in [2.05, 4.69) is 6.58 Å². The second kappa shape index (κ2) is 3.64. The van der Waals surface area contributed by atoms with Crippen molar-refractivity contribution in [2.75, 3.05) is 0 Å². The van der Waals surface area contributed by atoms with E-state index in [9.17, 15) is 13.2 Å². The molecule has 11 heavy (non-hydrogen) atoms. The first-order chi connectivity index (χ1) is 4.88. The van der Waals surface area contributed by atoms with Crippen LogP contribution in [-0.2, 0) is 14.9 Å². The molecule has 64 valence electrons. The molecule has 4 nitrogen and oxygen atoms in total. The van der Waals surface area contributed by atoms with Crippen LogP contribution in [0.4, 0.5) is 0 Å². The van der Waals surface area contributed by atoms with Gasteiger partial charge in [0.1, 0.15) is 11.5 Å². The van der Waals surface area contributed by atoms with E-state index < -0.39 is 15.4 Å². The molecule has 0 aromatic rings. The first kappa shape index (κ1) is 10.3. The summed E-state index contributed by atoms with van der Waals surface area (Å²) in [6, 6.07) is 0. The molecule has 1 unspecified atom stereocenters. The molecule has 0 heterocycles. The molecule has 0 aromatic heterocycles. The van der Waals surface area contributed by atoms with Crippen LogP contribution in [0.5, 0.6) is 0 Å². The number of hydrogen-bond donors (Lipinski definition) is 1. The second-order valence-corrected chi connectivity index (χ2v) is 3.99. The molecule has 0 aliphatic rings. The highest BCUT2D eigenvalue weighted by Gasteiger charge is 2.21. The highest BCUT2D eigenvalue weighted by molar-refractivity contribution is 7.87. The van der Waals surface area contributed by atoms with Crippen LogP contribution in [0.2, 0.25) is 0 Å². The predicted octanol–water partition coefficient (Wildman–Crippen LogP) is 0.408. The first-order valence-electron chi connectivity index (χ1n) is 2.94. The zero-order valence-corrected chi connectivity index (χ0v) is 6.97. The standard InChI is InChI=1S/C6H10O4S/c1-5(2)3-6(4-7)11(8,9)10/h4,6H,1,3H2,2H3,(H,8,9,10). The Morgan fingerprint density at radius 1 is 1.73 bits per heavy atom. The molecule has 0 saturated heterocycles. The van der Waals surface area contributed by atoms with Crippen LogP contribution in [-0.4, -0.2) is 24.5 Å². The average Bonchev–Trinajstić information content (AvgIpc) is 1.79. The predicted molar refractivity (Wildman–Crippen MR) is 40.8 cm³/mol. The van der Waals surface area contributed by atoms with E-state index in [1.807, 2.05) is 0 Å². The van der Waals surface area contributed by atoms with Crippen LogP contribution < -0.4 is 0 Å². The summed E-state index contributed by atoms with van der Waals surface area (Å²) in [6.07, 6.45) is 0.173. The van der Waals surface area contributed by atoms with Crippen molar-refractivity contribution >= 4 is 16.4 Å². The average molecular weight is 178 g/mol. The fourth-order valence-electron chi connectivity index (χ4n) is 0.567. The van der Waals surface area contributed by atoms with Crippen LogP contribution in [0.25, 0.3) is 0 Å². The third-order valence-electron chi connectivity index (χ3n) is 1.08. The minimum atomic E-state index is -4.24. The molecule has 0 saturated carbocycles. The Kier molecular flexibility index (Phi) is 3.41. The molecule has 0 radical (unpaired) electrons. The topological polar surface area (TPSA) is 71.4 Å². The summed E-state index contributed by atoms with van der Waals surface area (Å²) >= 11 is 0. The smallest absolute Gasteiger partial charge is 0.275 e. The van der Waals surface area contributed by atoms with Crippen LogP contribution in [0.3, 0.4) is 0 Å². The maximum atomic E-state index is 10.4. The second-order valence-electron chi connectivity index (χ2n) is 2.35. The molecular formula is C6H10O4S. The Labute approximate surface area is 65.7 Å². The van der Waals surface area contributed by atoms with Gasteiger partial charge < -0.3 is 4.79 Å². The monoisotopic (exact) mass is 178 g/mol. The highest BCUT2D eigenvalue weighted by atomic mass is 32.2. The van der Waals surface area contributed by atoms with Crippen molar-refractivity contribution in [3.63, 3.8) is 0 Å². The SMILES string of the molecule is C=C(C)CC(C=O)S(=O)(=O)O. The van der Waals surface area contributed by atoms with Gasteiger partial charge in [-0.25, -0.2) is 0 Å². The maximum Gasteiger partial charge on any atom is 0.275 e. The third kappa shape index (κ3) is 3.90. The van der Waals surface area contributed by atoms with Crippen molar-refractivity contribution in [2.45, 2.75) is 18.6 Å². The van der Waals surface area contributed by atoms with Crippen LogP contribution in [0, 0.1) is 0 Å². The van der Waals surface area contributed by atoms with E-state index >= 15 is 0 Å². The van der Waals surface area contributed by atoms with Gasteiger partial charge in [0.05, 0.1) is 0 Å². The van der Waals surface area contributed by atoms with E-state index in [1.165, 1.54) is 0 Å². The molecule has 0 amide bonds. The van der Waals surface area contributed by atoms with Gasteiger partial charge in [0.15, 0.2) is 0 Å². The lowest BCUT2D eigenvalue weighted by Crippen LogP contribution is -2.21. The van der Waals surface area contributed by atoms with E-state index in [-0.39, 0.29) is 12.7 Å². The Bertz CT molecular complexity index is 252. The fraction of sp³-hybridized carbons (Fsp3) is 0.500. The molecule has 0 aliphatic carbocycles. The van der Waals surface area contributed by atoms with Gasteiger partial charge in [-0.05, 0) is 13.3 Å². The van der Waals surface area contributed by atoms with E-state index in [4.69, 9.17) is 4.55 Å². The summed E-state index contributed by atoms with van der Waals surface area (Å²) < 4.78 is 29.2. The zero-order valence-electron chi connectivity index (χ0n) is 6.15. The first-order valence-corrected chi connectivity index (χ1v) is 4.44. The summed E-state index contributed by atoms with van der Waals surface area (Å²) in [4.78, 5) is 10.1. The molecule has 0 spiro atoms. The number of rotatable bonds is 4. The van der Waals surface area contributed by atoms with Gasteiger partial charge in [-0.3, -0.25) is 4.55 Å². The molecule has 0 fully saturated rings. The fourth-order valence-corrected chi connectivity index (χ4v) is 1.20. The van der Waals surface area contributed by atoms with E-state index in [0.29, 0.717) is 5.57 Å². The maximum absolute atomic E-state index is 10.4. The number of allylic oxidation sites excluding steroid dienone is 1. The van der Waals surface area contributed by atoms with E-state index in [1.54, 1.807) is 6.92 Å². The van der Waals surface area contributed by atoms with Crippen molar-refractivity contribution in [2.24, 2.45) is 0 Å². The van der Waals surface area contributed by atoms with Gasteiger partial charge in [-0.2, -0.15) is 8.42 Å². The lowest BCUT2D eigenvalue weighted by Gasteiger charge is -2.04. The molecule has 0 aromatic carbocycles. The van der Waals surface area contributed by atoms with Gasteiger partial charge in [0, 0.05) is 0 Å². The van der Waals surface area contributed by atoms with E-state index in [0.717, 1.165) is 0 Å². The van der Waals surface area contributed by atoms with Crippen molar-refractivity contribution in [3.05, 3.63) is 12.2 Å².